The lowest BCUT2D eigenvalue weighted by Crippen LogP contribution is -2.03. The molecule has 4 heteroatoms. The second-order valence-electron chi connectivity index (χ2n) is 3.22. The van der Waals surface area contributed by atoms with Gasteiger partial charge in [-0.2, -0.15) is 0 Å². The molecule has 2 rings (SSSR count). The molecule has 0 bridgehead atoms. The monoisotopic (exact) mass is 222 g/mol. The number of hydrogen-bond donors (Lipinski definition) is 1. The average Bonchev–Trinajstić information content (AvgIpc) is 2.66. The van der Waals surface area contributed by atoms with E-state index in [2.05, 4.69) is 5.16 Å². The van der Waals surface area contributed by atoms with Gasteiger partial charge < -0.3 is 10.3 Å². The SMILES string of the molecule is NCCc1nocc1-c1cccc(Cl)c1. The van der Waals surface area contributed by atoms with Crippen molar-refractivity contribution < 1.29 is 4.52 Å². The van der Waals surface area contributed by atoms with Crippen molar-refractivity contribution in [3.05, 3.63) is 41.2 Å². The number of benzene rings is 1. The Labute approximate surface area is 92.8 Å². The minimum atomic E-state index is 0.556. The number of rotatable bonds is 3. The Hall–Kier alpha value is -1.32. The van der Waals surface area contributed by atoms with Crippen LogP contribution in [0.5, 0.6) is 0 Å². The first-order chi connectivity index (χ1) is 7.31. The van der Waals surface area contributed by atoms with E-state index in [9.17, 15) is 0 Å². The van der Waals surface area contributed by atoms with Crippen LogP contribution in [0.2, 0.25) is 5.02 Å². The maximum absolute atomic E-state index is 5.92. The molecular weight excluding hydrogens is 212 g/mol. The molecule has 1 aromatic carbocycles. The van der Waals surface area contributed by atoms with Gasteiger partial charge in [-0.15, -0.1) is 0 Å². The van der Waals surface area contributed by atoms with Crippen LogP contribution in [0, 0.1) is 0 Å². The molecule has 0 fully saturated rings. The summed E-state index contributed by atoms with van der Waals surface area (Å²) in [5, 5.41) is 4.62. The van der Waals surface area contributed by atoms with Gasteiger partial charge in [-0.25, -0.2) is 0 Å². The van der Waals surface area contributed by atoms with Crippen molar-refractivity contribution in [3.8, 4) is 11.1 Å². The average molecular weight is 223 g/mol. The first-order valence-corrected chi connectivity index (χ1v) is 5.08. The van der Waals surface area contributed by atoms with Gasteiger partial charge in [-0.1, -0.05) is 28.9 Å². The van der Waals surface area contributed by atoms with Gasteiger partial charge in [0.2, 0.25) is 0 Å². The van der Waals surface area contributed by atoms with E-state index in [1.54, 1.807) is 6.26 Å². The van der Waals surface area contributed by atoms with Gasteiger partial charge in [0, 0.05) is 17.0 Å². The lowest BCUT2D eigenvalue weighted by Gasteiger charge is -2.00. The van der Waals surface area contributed by atoms with Crippen LogP contribution in [0.4, 0.5) is 0 Å². The van der Waals surface area contributed by atoms with Crippen LogP contribution in [-0.2, 0) is 6.42 Å². The zero-order valence-corrected chi connectivity index (χ0v) is 8.87. The van der Waals surface area contributed by atoms with E-state index >= 15 is 0 Å². The molecule has 1 heterocycles. The molecule has 15 heavy (non-hydrogen) atoms. The predicted molar refractivity (Wildman–Crippen MR) is 59.7 cm³/mol. The Balaban J connectivity index is 2.40. The van der Waals surface area contributed by atoms with Crippen molar-refractivity contribution in [2.45, 2.75) is 6.42 Å². The Morgan fingerprint density at radius 3 is 3.00 bits per heavy atom. The molecule has 0 radical (unpaired) electrons. The highest BCUT2D eigenvalue weighted by Crippen LogP contribution is 2.25. The van der Waals surface area contributed by atoms with Crippen molar-refractivity contribution >= 4 is 11.6 Å². The molecule has 3 nitrogen and oxygen atoms in total. The molecule has 0 aliphatic rings. The van der Waals surface area contributed by atoms with E-state index < -0.39 is 0 Å². The normalized spacial score (nSPS) is 10.5. The third-order valence-electron chi connectivity index (χ3n) is 2.16. The van der Waals surface area contributed by atoms with Crippen LogP contribution in [0.3, 0.4) is 0 Å². The highest BCUT2D eigenvalue weighted by molar-refractivity contribution is 6.30. The van der Waals surface area contributed by atoms with Crippen LogP contribution in [0.25, 0.3) is 11.1 Å². The minimum absolute atomic E-state index is 0.556. The van der Waals surface area contributed by atoms with Crippen molar-refractivity contribution in [3.63, 3.8) is 0 Å². The Kier molecular flexibility index (Phi) is 3.04. The first-order valence-electron chi connectivity index (χ1n) is 4.70. The number of nitrogens with two attached hydrogens (primary N) is 1. The fourth-order valence-electron chi connectivity index (χ4n) is 1.47. The van der Waals surface area contributed by atoms with Crippen molar-refractivity contribution in [1.29, 1.82) is 0 Å². The second-order valence-corrected chi connectivity index (χ2v) is 3.66. The van der Waals surface area contributed by atoms with E-state index in [1.807, 2.05) is 24.3 Å². The lowest BCUT2D eigenvalue weighted by atomic mass is 10.1. The molecule has 0 aliphatic heterocycles. The fraction of sp³-hybridized carbons (Fsp3) is 0.182. The fourth-order valence-corrected chi connectivity index (χ4v) is 1.66. The topological polar surface area (TPSA) is 52.0 Å². The maximum atomic E-state index is 5.92. The molecule has 0 unspecified atom stereocenters. The molecule has 2 N–H and O–H groups in total. The lowest BCUT2D eigenvalue weighted by molar-refractivity contribution is 0.412. The number of nitrogens with zero attached hydrogens (tertiary/aromatic N) is 1. The Bertz CT molecular complexity index is 453. The summed E-state index contributed by atoms with van der Waals surface area (Å²) in [5.41, 5.74) is 8.33. The van der Waals surface area contributed by atoms with Gasteiger partial charge >= 0.3 is 0 Å². The quantitative estimate of drug-likeness (QED) is 0.868. The number of hydrogen-bond acceptors (Lipinski definition) is 3. The molecule has 0 aliphatic carbocycles. The minimum Gasteiger partial charge on any atom is -0.364 e. The summed E-state index contributed by atoms with van der Waals surface area (Å²) in [6.07, 6.45) is 2.33. The third kappa shape index (κ3) is 2.19. The van der Waals surface area contributed by atoms with E-state index in [0.717, 1.165) is 16.8 Å². The standard InChI is InChI=1S/C11H11ClN2O/c12-9-3-1-2-8(6-9)10-7-15-14-11(10)4-5-13/h1-3,6-7H,4-5,13H2. The zero-order valence-electron chi connectivity index (χ0n) is 8.11. The summed E-state index contributed by atoms with van der Waals surface area (Å²) < 4.78 is 4.94. The smallest absolute Gasteiger partial charge is 0.131 e. The van der Waals surface area contributed by atoms with Crippen LogP contribution < -0.4 is 5.73 Å². The molecule has 0 saturated carbocycles. The summed E-state index contributed by atoms with van der Waals surface area (Å²) in [4.78, 5) is 0. The van der Waals surface area contributed by atoms with Gasteiger partial charge in [0.05, 0.1) is 5.69 Å². The Morgan fingerprint density at radius 2 is 2.27 bits per heavy atom. The molecule has 0 spiro atoms. The van der Waals surface area contributed by atoms with Crippen molar-refractivity contribution in [1.82, 2.24) is 5.16 Å². The van der Waals surface area contributed by atoms with Crippen LogP contribution in [0.15, 0.2) is 35.1 Å². The molecule has 2 aromatic rings. The number of aromatic nitrogens is 1. The van der Waals surface area contributed by atoms with Crippen molar-refractivity contribution in [2.24, 2.45) is 5.73 Å². The highest BCUT2D eigenvalue weighted by Gasteiger charge is 2.09. The largest absolute Gasteiger partial charge is 0.364 e. The molecular formula is C11H11ClN2O. The summed E-state index contributed by atoms with van der Waals surface area (Å²) in [5.74, 6) is 0. The Morgan fingerprint density at radius 1 is 1.40 bits per heavy atom. The van der Waals surface area contributed by atoms with Crippen LogP contribution >= 0.6 is 11.6 Å². The first kappa shape index (κ1) is 10.2. The van der Waals surface area contributed by atoms with Gasteiger partial charge in [-0.05, 0) is 24.2 Å². The summed E-state index contributed by atoms with van der Waals surface area (Å²) >= 11 is 5.92. The van der Waals surface area contributed by atoms with Crippen molar-refractivity contribution in [2.75, 3.05) is 6.54 Å². The summed E-state index contributed by atoms with van der Waals surface area (Å²) in [6.45, 7) is 0.556. The molecule has 78 valence electrons. The highest BCUT2D eigenvalue weighted by atomic mass is 35.5. The van der Waals surface area contributed by atoms with E-state index in [0.29, 0.717) is 18.0 Å². The second kappa shape index (κ2) is 4.47. The zero-order chi connectivity index (χ0) is 10.7. The van der Waals surface area contributed by atoms with E-state index in [1.165, 1.54) is 0 Å². The molecule has 0 saturated heterocycles. The van der Waals surface area contributed by atoms with Gasteiger partial charge in [0.25, 0.3) is 0 Å². The molecule has 0 amide bonds. The van der Waals surface area contributed by atoms with Gasteiger partial charge in [0.1, 0.15) is 6.26 Å². The summed E-state index contributed by atoms with van der Waals surface area (Å²) in [6, 6.07) is 7.59. The van der Waals surface area contributed by atoms with Crippen LogP contribution in [-0.4, -0.2) is 11.7 Å². The predicted octanol–water partition coefficient (Wildman–Crippen LogP) is 2.50. The summed E-state index contributed by atoms with van der Waals surface area (Å²) in [7, 11) is 0. The van der Waals surface area contributed by atoms with E-state index in [4.69, 9.17) is 21.9 Å². The van der Waals surface area contributed by atoms with Gasteiger partial charge in [0.15, 0.2) is 0 Å². The van der Waals surface area contributed by atoms with E-state index in [-0.39, 0.29) is 0 Å². The molecule has 0 atom stereocenters. The third-order valence-corrected chi connectivity index (χ3v) is 2.40. The van der Waals surface area contributed by atoms with Gasteiger partial charge in [-0.3, -0.25) is 0 Å². The molecule has 1 aromatic heterocycles. The maximum Gasteiger partial charge on any atom is 0.131 e. The number of halogens is 1. The van der Waals surface area contributed by atoms with Crippen LogP contribution in [0.1, 0.15) is 5.69 Å².